The van der Waals surface area contributed by atoms with Crippen molar-refractivity contribution in [3.05, 3.63) is 89.5 Å². The number of piperazine rings is 1. The quantitative estimate of drug-likeness (QED) is 0.532. The van der Waals surface area contributed by atoms with E-state index < -0.39 is 0 Å². The van der Waals surface area contributed by atoms with Crippen LogP contribution in [0.2, 0.25) is 0 Å². The van der Waals surface area contributed by atoms with Gasteiger partial charge < -0.3 is 15.0 Å². The summed E-state index contributed by atoms with van der Waals surface area (Å²) in [7, 11) is 1.72. The average Bonchev–Trinajstić information content (AvgIpc) is 2.85. The van der Waals surface area contributed by atoms with Gasteiger partial charge in [-0.25, -0.2) is 0 Å². The Labute approximate surface area is 197 Å². The van der Waals surface area contributed by atoms with Crippen molar-refractivity contribution < 1.29 is 9.53 Å². The summed E-state index contributed by atoms with van der Waals surface area (Å²) in [4.78, 5) is 17.5. The number of carbonyl (C=O) groups is 1. The minimum Gasteiger partial charge on any atom is -0.495 e. The second-order valence-corrected chi connectivity index (χ2v) is 8.86. The molecule has 1 aliphatic heterocycles. The predicted octanol–water partition coefficient (Wildman–Crippen LogP) is 5.39. The van der Waals surface area contributed by atoms with Gasteiger partial charge in [0, 0.05) is 44.0 Å². The lowest BCUT2D eigenvalue weighted by atomic mass is 10.0. The zero-order valence-corrected chi connectivity index (χ0v) is 19.8. The highest BCUT2D eigenvalue weighted by Gasteiger charge is 2.19. The van der Waals surface area contributed by atoms with Gasteiger partial charge in [0.15, 0.2) is 0 Å². The number of nitrogens with zero attached hydrogens (tertiary/aromatic N) is 2. The Morgan fingerprint density at radius 2 is 1.58 bits per heavy atom. The van der Waals surface area contributed by atoms with Crippen molar-refractivity contribution in [3.63, 3.8) is 0 Å². The summed E-state index contributed by atoms with van der Waals surface area (Å²) in [6.45, 7) is 9.13. The van der Waals surface area contributed by atoms with Gasteiger partial charge in [0.2, 0.25) is 0 Å². The number of nitrogens with one attached hydrogen (secondary N) is 1. The molecule has 0 radical (unpaired) electrons. The number of hydrogen-bond donors (Lipinski definition) is 1. The molecule has 3 aromatic rings. The number of para-hydroxylation sites is 2. The SMILES string of the molecule is COc1ccccc1N1CCN(Cc2ccc(C(=O)Nc3ccc(C(C)C)cc3)cc2)CC1. The maximum Gasteiger partial charge on any atom is 0.255 e. The molecule has 1 N–H and O–H groups in total. The Balaban J connectivity index is 1.29. The van der Waals surface area contributed by atoms with E-state index in [9.17, 15) is 4.79 Å². The number of benzene rings is 3. The Morgan fingerprint density at radius 3 is 2.21 bits per heavy atom. The number of rotatable bonds is 7. The van der Waals surface area contributed by atoms with Crippen LogP contribution in [0.5, 0.6) is 5.75 Å². The van der Waals surface area contributed by atoms with Gasteiger partial charge in [-0.05, 0) is 53.4 Å². The molecule has 0 bridgehead atoms. The van der Waals surface area contributed by atoms with Gasteiger partial charge in [0.1, 0.15) is 5.75 Å². The molecule has 172 valence electrons. The molecule has 1 amide bonds. The molecule has 4 rings (SSSR count). The fourth-order valence-corrected chi connectivity index (χ4v) is 4.21. The largest absolute Gasteiger partial charge is 0.495 e. The zero-order valence-electron chi connectivity index (χ0n) is 19.8. The summed E-state index contributed by atoms with van der Waals surface area (Å²) in [6.07, 6.45) is 0. The lowest BCUT2D eigenvalue weighted by Crippen LogP contribution is -2.46. The van der Waals surface area contributed by atoms with E-state index in [1.807, 2.05) is 36.4 Å². The molecule has 0 atom stereocenters. The number of methoxy groups -OCH3 is 1. The molecule has 1 heterocycles. The molecule has 1 saturated heterocycles. The second-order valence-electron chi connectivity index (χ2n) is 8.86. The summed E-state index contributed by atoms with van der Waals surface area (Å²) in [6, 6.07) is 24.2. The first-order valence-corrected chi connectivity index (χ1v) is 11.6. The molecule has 5 nitrogen and oxygen atoms in total. The smallest absolute Gasteiger partial charge is 0.255 e. The van der Waals surface area contributed by atoms with Crippen molar-refractivity contribution >= 4 is 17.3 Å². The summed E-state index contributed by atoms with van der Waals surface area (Å²) in [5.41, 5.74) is 5.14. The molecule has 0 aliphatic carbocycles. The number of amides is 1. The summed E-state index contributed by atoms with van der Waals surface area (Å²) < 4.78 is 5.52. The minimum absolute atomic E-state index is 0.0794. The molecule has 0 saturated carbocycles. The molecule has 33 heavy (non-hydrogen) atoms. The molecule has 0 unspecified atom stereocenters. The van der Waals surface area contributed by atoms with Crippen molar-refractivity contribution in [2.75, 3.05) is 43.5 Å². The molecule has 1 aliphatic rings. The number of anilines is 2. The third-order valence-corrected chi connectivity index (χ3v) is 6.26. The van der Waals surface area contributed by atoms with E-state index in [1.54, 1.807) is 7.11 Å². The van der Waals surface area contributed by atoms with Gasteiger partial charge in [-0.15, -0.1) is 0 Å². The van der Waals surface area contributed by atoms with Gasteiger partial charge in [-0.2, -0.15) is 0 Å². The first-order chi connectivity index (χ1) is 16.0. The van der Waals surface area contributed by atoms with Crippen molar-refractivity contribution in [3.8, 4) is 5.75 Å². The van der Waals surface area contributed by atoms with Crippen molar-refractivity contribution in [1.29, 1.82) is 0 Å². The van der Waals surface area contributed by atoms with Crippen LogP contribution >= 0.6 is 0 Å². The Kier molecular flexibility index (Phi) is 7.30. The topological polar surface area (TPSA) is 44.8 Å². The fraction of sp³-hybridized carbons (Fsp3) is 0.321. The normalized spacial score (nSPS) is 14.4. The molecular weight excluding hydrogens is 410 g/mol. The van der Waals surface area contributed by atoms with Gasteiger partial charge in [-0.1, -0.05) is 50.2 Å². The van der Waals surface area contributed by atoms with E-state index in [0.717, 1.165) is 49.8 Å². The third kappa shape index (κ3) is 5.74. The standard InChI is InChI=1S/C28H33N3O2/c1-21(2)23-12-14-25(15-13-23)29-28(32)24-10-8-22(9-11-24)20-30-16-18-31(19-17-30)26-6-4-5-7-27(26)33-3/h4-15,21H,16-20H2,1-3H3,(H,29,32). The highest BCUT2D eigenvalue weighted by atomic mass is 16.5. The highest BCUT2D eigenvalue weighted by molar-refractivity contribution is 6.04. The van der Waals surface area contributed by atoms with Crippen LogP contribution in [0.4, 0.5) is 11.4 Å². The van der Waals surface area contributed by atoms with Crippen LogP contribution in [0.3, 0.4) is 0 Å². The van der Waals surface area contributed by atoms with Crippen LogP contribution in [0, 0.1) is 0 Å². The average molecular weight is 444 g/mol. The van der Waals surface area contributed by atoms with Crippen molar-refractivity contribution in [2.24, 2.45) is 0 Å². The first-order valence-electron chi connectivity index (χ1n) is 11.6. The molecule has 5 heteroatoms. The van der Waals surface area contributed by atoms with E-state index in [-0.39, 0.29) is 5.91 Å². The Bertz CT molecular complexity index is 1050. The lowest BCUT2D eigenvalue weighted by molar-refractivity contribution is 0.102. The monoisotopic (exact) mass is 443 g/mol. The van der Waals surface area contributed by atoms with E-state index in [0.29, 0.717) is 11.5 Å². The van der Waals surface area contributed by atoms with Crippen molar-refractivity contribution in [1.82, 2.24) is 4.90 Å². The van der Waals surface area contributed by atoms with Gasteiger partial charge in [-0.3, -0.25) is 9.69 Å². The maximum atomic E-state index is 12.6. The summed E-state index contributed by atoms with van der Waals surface area (Å²) >= 11 is 0. The predicted molar refractivity (Wildman–Crippen MR) is 135 cm³/mol. The fourth-order valence-electron chi connectivity index (χ4n) is 4.21. The van der Waals surface area contributed by atoms with E-state index in [4.69, 9.17) is 4.74 Å². The highest BCUT2D eigenvalue weighted by Crippen LogP contribution is 2.28. The molecule has 3 aromatic carbocycles. The number of hydrogen-bond acceptors (Lipinski definition) is 4. The number of ether oxygens (including phenoxy) is 1. The van der Waals surface area contributed by atoms with Gasteiger partial charge in [0.25, 0.3) is 5.91 Å². The molecule has 0 spiro atoms. The van der Waals surface area contributed by atoms with Gasteiger partial charge >= 0.3 is 0 Å². The Morgan fingerprint density at radius 1 is 0.909 bits per heavy atom. The molecular formula is C28H33N3O2. The third-order valence-electron chi connectivity index (χ3n) is 6.26. The molecule has 0 aromatic heterocycles. The zero-order chi connectivity index (χ0) is 23.2. The molecule has 1 fully saturated rings. The summed E-state index contributed by atoms with van der Waals surface area (Å²) in [5, 5.41) is 2.99. The number of carbonyl (C=O) groups excluding carboxylic acids is 1. The first kappa shape index (κ1) is 22.9. The van der Waals surface area contributed by atoms with Crippen LogP contribution in [-0.2, 0) is 6.54 Å². The Hall–Kier alpha value is -3.31. The van der Waals surface area contributed by atoms with Crippen molar-refractivity contribution in [2.45, 2.75) is 26.3 Å². The van der Waals surface area contributed by atoms with Crippen LogP contribution in [0.25, 0.3) is 0 Å². The lowest BCUT2D eigenvalue weighted by Gasteiger charge is -2.36. The maximum absolute atomic E-state index is 12.6. The van der Waals surface area contributed by atoms with Crippen LogP contribution in [-0.4, -0.2) is 44.1 Å². The van der Waals surface area contributed by atoms with E-state index in [1.165, 1.54) is 11.1 Å². The van der Waals surface area contributed by atoms with E-state index >= 15 is 0 Å². The van der Waals surface area contributed by atoms with E-state index in [2.05, 4.69) is 65.4 Å². The van der Waals surface area contributed by atoms with Crippen LogP contribution in [0.15, 0.2) is 72.8 Å². The van der Waals surface area contributed by atoms with Crippen LogP contribution in [0.1, 0.15) is 41.3 Å². The summed E-state index contributed by atoms with van der Waals surface area (Å²) in [5.74, 6) is 1.33. The van der Waals surface area contributed by atoms with Crippen LogP contribution < -0.4 is 15.0 Å². The second kappa shape index (κ2) is 10.5. The minimum atomic E-state index is -0.0794. The van der Waals surface area contributed by atoms with Gasteiger partial charge in [0.05, 0.1) is 12.8 Å².